The van der Waals surface area contributed by atoms with Crippen LogP contribution in [0.1, 0.15) is 39.4 Å². The molecule has 0 aliphatic carbocycles. The molecule has 0 unspecified atom stereocenters. The van der Waals surface area contributed by atoms with Gasteiger partial charge in [0.2, 0.25) is 5.89 Å². The zero-order chi connectivity index (χ0) is 10.8. The van der Waals surface area contributed by atoms with Crippen LogP contribution in [0.15, 0.2) is 4.52 Å². The van der Waals surface area contributed by atoms with Crippen molar-refractivity contribution in [1.82, 2.24) is 15.0 Å². The fourth-order valence-corrected chi connectivity index (χ4v) is 1.39. The molecule has 1 aromatic heterocycles. The minimum absolute atomic E-state index is 0.136. The highest BCUT2D eigenvalue weighted by Crippen LogP contribution is 2.15. The molecule has 4 heteroatoms. The van der Waals surface area contributed by atoms with Crippen LogP contribution < -0.4 is 0 Å². The molecule has 0 bridgehead atoms. The Labute approximate surface area is 85.3 Å². The second-order valence-corrected chi connectivity index (χ2v) is 4.42. The normalized spacial score (nSPS) is 12.4. The van der Waals surface area contributed by atoms with Crippen LogP contribution in [0.2, 0.25) is 0 Å². The molecule has 0 aliphatic heterocycles. The SMILES string of the molecule is CCN(Cc1nc(C)no1)C(C)(C)C. The van der Waals surface area contributed by atoms with Crippen molar-refractivity contribution in [2.24, 2.45) is 0 Å². The number of rotatable bonds is 3. The van der Waals surface area contributed by atoms with Crippen LogP contribution in [0.3, 0.4) is 0 Å². The molecule has 1 rings (SSSR count). The van der Waals surface area contributed by atoms with Crippen molar-refractivity contribution < 1.29 is 4.52 Å². The van der Waals surface area contributed by atoms with Gasteiger partial charge in [0.15, 0.2) is 5.82 Å². The minimum Gasteiger partial charge on any atom is -0.338 e. The average molecular weight is 197 g/mol. The van der Waals surface area contributed by atoms with Crippen molar-refractivity contribution in [2.75, 3.05) is 6.54 Å². The molecule has 0 aromatic carbocycles. The summed E-state index contributed by atoms with van der Waals surface area (Å²) in [6.45, 7) is 12.2. The standard InChI is InChI=1S/C10H19N3O/c1-6-13(10(3,4)5)7-9-11-8(2)12-14-9/h6-7H2,1-5H3. The monoisotopic (exact) mass is 197 g/mol. The second-order valence-electron chi connectivity index (χ2n) is 4.42. The topological polar surface area (TPSA) is 42.2 Å². The molecule has 0 fully saturated rings. The Morgan fingerprint density at radius 1 is 1.36 bits per heavy atom. The lowest BCUT2D eigenvalue weighted by molar-refractivity contribution is 0.119. The number of nitrogens with zero attached hydrogens (tertiary/aromatic N) is 3. The Hall–Kier alpha value is -0.900. The van der Waals surface area contributed by atoms with Gasteiger partial charge in [-0.25, -0.2) is 0 Å². The zero-order valence-electron chi connectivity index (χ0n) is 9.66. The van der Waals surface area contributed by atoms with E-state index in [0.29, 0.717) is 11.7 Å². The van der Waals surface area contributed by atoms with Crippen LogP contribution in [-0.4, -0.2) is 27.1 Å². The maximum Gasteiger partial charge on any atom is 0.240 e. The first-order valence-electron chi connectivity index (χ1n) is 4.97. The molecular formula is C10H19N3O. The summed E-state index contributed by atoms with van der Waals surface area (Å²) < 4.78 is 5.09. The number of aromatic nitrogens is 2. The van der Waals surface area contributed by atoms with Crippen molar-refractivity contribution in [3.63, 3.8) is 0 Å². The molecule has 4 nitrogen and oxygen atoms in total. The van der Waals surface area contributed by atoms with Crippen LogP contribution in [0.5, 0.6) is 0 Å². The third-order valence-corrected chi connectivity index (χ3v) is 2.23. The van der Waals surface area contributed by atoms with E-state index in [-0.39, 0.29) is 5.54 Å². The molecule has 0 N–H and O–H groups in total. The van der Waals surface area contributed by atoms with E-state index in [1.165, 1.54) is 0 Å². The Morgan fingerprint density at radius 3 is 2.36 bits per heavy atom. The summed E-state index contributed by atoms with van der Waals surface area (Å²) in [4.78, 5) is 6.48. The Kier molecular flexibility index (Phi) is 3.26. The maximum atomic E-state index is 5.09. The lowest BCUT2D eigenvalue weighted by Gasteiger charge is -2.33. The molecular weight excluding hydrogens is 178 g/mol. The van der Waals surface area contributed by atoms with Crippen molar-refractivity contribution in [3.8, 4) is 0 Å². The zero-order valence-corrected chi connectivity index (χ0v) is 9.66. The number of hydrogen-bond donors (Lipinski definition) is 0. The highest BCUT2D eigenvalue weighted by atomic mass is 16.5. The van der Waals surface area contributed by atoms with Gasteiger partial charge in [0.05, 0.1) is 6.54 Å². The fraction of sp³-hybridized carbons (Fsp3) is 0.800. The molecule has 0 radical (unpaired) electrons. The van der Waals surface area contributed by atoms with Crippen LogP contribution >= 0.6 is 0 Å². The van der Waals surface area contributed by atoms with Crippen molar-refractivity contribution in [3.05, 3.63) is 11.7 Å². The van der Waals surface area contributed by atoms with E-state index in [2.05, 4.69) is 42.7 Å². The highest BCUT2D eigenvalue weighted by Gasteiger charge is 2.21. The molecule has 80 valence electrons. The van der Waals surface area contributed by atoms with Gasteiger partial charge in [0.1, 0.15) is 0 Å². The average Bonchev–Trinajstić information content (AvgIpc) is 2.45. The van der Waals surface area contributed by atoms with E-state index in [1.54, 1.807) is 0 Å². The first-order chi connectivity index (χ1) is 6.43. The summed E-state index contributed by atoms with van der Waals surface area (Å²) >= 11 is 0. The Morgan fingerprint density at radius 2 is 2.00 bits per heavy atom. The predicted molar refractivity (Wildman–Crippen MR) is 54.9 cm³/mol. The Bertz CT molecular complexity index is 288. The molecule has 0 saturated carbocycles. The highest BCUT2D eigenvalue weighted by molar-refractivity contribution is 4.85. The fourth-order valence-electron chi connectivity index (χ4n) is 1.39. The molecule has 0 amide bonds. The van der Waals surface area contributed by atoms with Gasteiger partial charge < -0.3 is 4.52 Å². The lowest BCUT2D eigenvalue weighted by atomic mass is 10.1. The van der Waals surface area contributed by atoms with Gasteiger partial charge in [-0.05, 0) is 34.2 Å². The summed E-state index contributed by atoms with van der Waals surface area (Å²) in [7, 11) is 0. The van der Waals surface area contributed by atoms with Gasteiger partial charge in [-0.2, -0.15) is 4.98 Å². The summed E-state index contributed by atoms with van der Waals surface area (Å²) in [5.74, 6) is 1.39. The largest absolute Gasteiger partial charge is 0.338 e. The van der Waals surface area contributed by atoms with Gasteiger partial charge in [-0.1, -0.05) is 12.1 Å². The summed E-state index contributed by atoms with van der Waals surface area (Å²) in [5.41, 5.74) is 0.136. The third kappa shape index (κ3) is 2.80. The Balaban J connectivity index is 2.66. The van der Waals surface area contributed by atoms with E-state index in [9.17, 15) is 0 Å². The van der Waals surface area contributed by atoms with E-state index in [1.807, 2.05) is 6.92 Å². The molecule has 14 heavy (non-hydrogen) atoms. The summed E-state index contributed by atoms with van der Waals surface area (Å²) in [5, 5.41) is 3.77. The lowest BCUT2D eigenvalue weighted by Crippen LogP contribution is -2.40. The van der Waals surface area contributed by atoms with Crippen LogP contribution in [0.25, 0.3) is 0 Å². The molecule has 0 spiro atoms. The van der Waals surface area contributed by atoms with E-state index in [0.717, 1.165) is 13.1 Å². The van der Waals surface area contributed by atoms with E-state index >= 15 is 0 Å². The van der Waals surface area contributed by atoms with E-state index in [4.69, 9.17) is 4.52 Å². The molecule has 0 aliphatic rings. The second kappa shape index (κ2) is 4.09. The summed E-state index contributed by atoms with van der Waals surface area (Å²) in [6, 6.07) is 0. The van der Waals surface area contributed by atoms with Crippen molar-refractivity contribution in [1.29, 1.82) is 0 Å². The van der Waals surface area contributed by atoms with Crippen molar-refractivity contribution in [2.45, 2.75) is 46.7 Å². The number of hydrogen-bond acceptors (Lipinski definition) is 4. The first-order valence-corrected chi connectivity index (χ1v) is 4.97. The maximum absolute atomic E-state index is 5.09. The van der Waals surface area contributed by atoms with Crippen molar-refractivity contribution >= 4 is 0 Å². The quantitative estimate of drug-likeness (QED) is 0.743. The molecule has 0 saturated heterocycles. The molecule has 1 heterocycles. The van der Waals surface area contributed by atoms with Gasteiger partial charge in [-0.3, -0.25) is 4.90 Å². The summed E-state index contributed by atoms with van der Waals surface area (Å²) in [6.07, 6.45) is 0. The smallest absolute Gasteiger partial charge is 0.240 e. The predicted octanol–water partition coefficient (Wildman–Crippen LogP) is 2.00. The van der Waals surface area contributed by atoms with Crippen LogP contribution in [0, 0.1) is 6.92 Å². The first kappa shape index (κ1) is 11.2. The van der Waals surface area contributed by atoms with Gasteiger partial charge in [0, 0.05) is 5.54 Å². The number of aryl methyl sites for hydroxylation is 1. The van der Waals surface area contributed by atoms with Gasteiger partial charge >= 0.3 is 0 Å². The van der Waals surface area contributed by atoms with Gasteiger partial charge in [0.25, 0.3) is 0 Å². The van der Waals surface area contributed by atoms with E-state index < -0.39 is 0 Å². The third-order valence-electron chi connectivity index (χ3n) is 2.23. The molecule has 1 aromatic rings. The molecule has 0 atom stereocenters. The van der Waals surface area contributed by atoms with Gasteiger partial charge in [-0.15, -0.1) is 0 Å². The van der Waals surface area contributed by atoms with Crippen LogP contribution in [-0.2, 0) is 6.54 Å². The minimum atomic E-state index is 0.136. The van der Waals surface area contributed by atoms with Crippen LogP contribution in [0.4, 0.5) is 0 Å².